The summed E-state index contributed by atoms with van der Waals surface area (Å²) in [6.07, 6.45) is 3.16. The molecule has 152 valence electrons. The lowest BCUT2D eigenvalue weighted by molar-refractivity contribution is -0.115. The first kappa shape index (κ1) is 21.4. The van der Waals surface area contributed by atoms with Crippen LogP contribution in [0.5, 0.6) is 0 Å². The molecular weight excluding hydrogens is 414 g/mol. The Labute approximate surface area is 185 Å². The van der Waals surface area contributed by atoms with Crippen LogP contribution in [-0.4, -0.2) is 24.0 Å². The number of hydrogen-bond donors (Lipinski definition) is 2. The summed E-state index contributed by atoms with van der Waals surface area (Å²) in [4.78, 5) is 27.5. The fourth-order valence-corrected chi connectivity index (χ4v) is 3.53. The van der Waals surface area contributed by atoms with Crippen LogP contribution in [0, 0.1) is 0 Å². The van der Waals surface area contributed by atoms with Crippen LogP contribution >= 0.6 is 23.6 Å². The lowest BCUT2D eigenvalue weighted by atomic mass is 10.1. The van der Waals surface area contributed by atoms with E-state index in [9.17, 15) is 9.59 Å². The highest BCUT2D eigenvalue weighted by Gasteiger charge is 2.17. The average Bonchev–Trinajstić information content (AvgIpc) is 3.30. The molecule has 0 radical (unpaired) electrons. The van der Waals surface area contributed by atoms with Gasteiger partial charge in [-0.1, -0.05) is 48.5 Å². The zero-order valence-corrected chi connectivity index (χ0v) is 18.0. The summed E-state index contributed by atoms with van der Waals surface area (Å²) in [6, 6.07) is 20.7. The molecule has 0 saturated heterocycles. The first-order valence-corrected chi connectivity index (χ1v) is 10.5. The second kappa shape index (κ2) is 10.5. The molecule has 3 rings (SSSR count). The molecule has 2 amide bonds. The Balaban J connectivity index is 1.65. The lowest BCUT2D eigenvalue weighted by Crippen LogP contribution is -2.40. The number of thiophene rings is 1. The summed E-state index contributed by atoms with van der Waals surface area (Å²) >= 11 is 6.91. The van der Waals surface area contributed by atoms with E-state index in [1.165, 1.54) is 6.08 Å². The molecule has 0 aliphatic carbocycles. The molecule has 2 aromatic carbocycles. The van der Waals surface area contributed by atoms with Crippen LogP contribution < -0.4 is 15.5 Å². The maximum Gasteiger partial charge on any atom is 0.253 e. The molecule has 0 fully saturated rings. The van der Waals surface area contributed by atoms with Crippen LogP contribution in [-0.2, 0) is 11.3 Å². The van der Waals surface area contributed by atoms with Crippen molar-refractivity contribution in [3.63, 3.8) is 0 Å². The molecule has 0 aliphatic heterocycles. The zero-order valence-electron chi connectivity index (χ0n) is 16.4. The molecule has 0 unspecified atom stereocenters. The van der Waals surface area contributed by atoms with Gasteiger partial charge in [0.25, 0.3) is 5.91 Å². The Morgan fingerprint density at radius 3 is 2.50 bits per heavy atom. The maximum absolute atomic E-state index is 12.7. The van der Waals surface area contributed by atoms with E-state index in [0.717, 1.165) is 10.4 Å². The molecule has 3 aromatic rings. The van der Waals surface area contributed by atoms with Gasteiger partial charge >= 0.3 is 0 Å². The molecule has 30 heavy (non-hydrogen) atoms. The van der Waals surface area contributed by atoms with Crippen molar-refractivity contribution in [1.29, 1.82) is 0 Å². The van der Waals surface area contributed by atoms with Gasteiger partial charge in [-0.3, -0.25) is 14.9 Å². The Morgan fingerprint density at radius 2 is 1.77 bits per heavy atom. The number of carbonyl (C=O) groups excluding carboxylic acids is 2. The number of nitrogens with zero attached hydrogens (tertiary/aromatic N) is 1. The summed E-state index contributed by atoms with van der Waals surface area (Å²) in [5, 5.41) is 7.74. The predicted molar refractivity (Wildman–Crippen MR) is 127 cm³/mol. The molecule has 0 spiro atoms. The van der Waals surface area contributed by atoms with E-state index in [0.29, 0.717) is 17.8 Å². The van der Waals surface area contributed by atoms with E-state index in [1.54, 1.807) is 47.6 Å². The molecule has 0 aliphatic rings. The van der Waals surface area contributed by atoms with Crippen molar-refractivity contribution in [2.75, 3.05) is 11.9 Å². The van der Waals surface area contributed by atoms with Crippen molar-refractivity contribution in [2.24, 2.45) is 0 Å². The molecule has 2 N–H and O–H groups in total. The number of rotatable bonds is 6. The van der Waals surface area contributed by atoms with E-state index in [-0.39, 0.29) is 16.9 Å². The minimum atomic E-state index is -0.328. The summed E-state index contributed by atoms with van der Waals surface area (Å²) in [7, 11) is 1.72. The molecule has 0 bridgehead atoms. The van der Waals surface area contributed by atoms with Crippen LogP contribution in [0.15, 0.2) is 78.2 Å². The molecule has 1 heterocycles. The van der Waals surface area contributed by atoms with Gasteiger partial charge in [0, 0.05) is 24.5 Å². The van der Waals surface area contributed by atoms with E-state index in [2.05, 4.69) is 10.6 Å². The van der Waals surface area contributed by atoms with Crippen LogP contribution in [0.1, 0.15) is 20.8 Å². The average molecular weight is 436 g/mol. The Kier molecular flexibility index (Phi) is 7.48. The highest BCUT2D eigenvalue weighted by molar-refractivity contribution is 7.80. The smallest absolute Gasteiger partial charge is 0.253 e. The van der Waals surface area contributed by atoms with E-state index in [4.69, 9.17) is 12.2 Å². The minimum absolute atomic E-state index is 0.208. The molecule has 0 saturated carbocycles. The monoisotopic (exact) mass is 435 g/mol. The first-order chi connectivity index (χ1) is 14.5. The number of benzene rings is 2. The number of amides is 2. The number of carbonyl (C=O) groups is 2. The normalized spacial score (nSPS) is 10.6. The van der Waals surface area contributed by atoms with Crippen LogP contribution in [0.4, 0.5) is 5.69 Å². The van der Waals surface area contributed by atoms with Crippen molar-refractivity contribution >= 4 is 52.2 Å². The van der Waals surface area contributed by atoms with Crippen molar-refractivity contribution in [3.8, 4) is 0 Å². The second-order valence-electron chi connectivity index (χ2n) is 6.39. The van der Waals surface area contributed by atoms with Gasteiger partial charge in [0.15, 0.2) is 5.11 Å². The minimum Gasteiger partial charge on any atom is -0.348 e. The van der Waals surface area contributed by atoms with Gasteiger partial charge in [-0.15, -0.1) is 11.3 Å². The van der Waals surface area contributed by atoms with Gasteiger partial charge in [0.2, 0.25) is 5.91 Å². The molecule has 5 nitrogen and oxygen atoms in total. The van der Waals surface area contributed by atoms with Gasteiger partial charge in [-0.25, -0.2) is 0 Å². The SMILES string of the molecule is CN(C(=S)NC(=O)C=Cc1cccs1)c1ccccc1C(=O)NCc1ccccc1. The molecule has 0 atom stereocenters. The molecule has 7 heteroatoms. The zero-order chi connectivity index (χ0) is 21.3. The van der Waals surface area contributed by atoms with Gasteiger partial charge in [-0.05, 0) is 47.4 Å². The van der Waals surface area contributed by atoms with E-state index in [1.807, 2.05) is 53.9 Å². The third-order valence-corrected chi connectivity index (χ3v) is 5.50. The topological polar surface area (TPSA) is 61.4 Å². The van der Waals surface area contributed by atoms with Gasteiger partial charge in [0.05, 0.1) is 11.3 Å². The van der Waals surface area contributed by atoms with Gasteiger partial charge < -0.3 is 10.2 Å². The summed E-state index contributed by atoms with van der Waals surface area (Å²) < 4.78 is 0. The first-order valence-electron chi connectivity index (χ1n) is 9.26. The third-order valence-electron chi connectivity index (χ3n) is 4.28. The molecular formula is C23H21N3O2S2. The highest BCUT2D eigenvalue weighted by Crippen LogP contribution is 2.19. The van der Waals surface area contributed by atoms with Crippen molar-refractivity contribution < 1.29 is 9.59 Å². The highest BCUT2D eigenvalue weighted by atomic mass is 32.1. The number of anilines is 1. The molecule has 1 aromatic heterocycles. The van der Waals surface area contributed by atoms with Crippen LogP contribution in [0.3, 0.4) is 0 Å². The van der Waals surface area contributed by atoms with Crippen molar-refractivity contribution in [2.45, 2.75) is 6.54 Å². The van der Waals surface area contributed by atoms with Crippen LogP contribution in [0.2, 0.25) is 0 Å². The third kappa shape index (κ3) is 5.85. The summed E-state index contributed by atoms with van der Waals surface area (Å²) in [5.74, 6) is -0.542. The second-order valence-corrected chi connectivity index (χ2v) is 7.75. The van der Waals surface area contributed by atoms with E-state index < -0.39 is 0 Å². The van der Waals surface area contributed by atoms with Gasteiger partial charge in [-0.2, -0.15) is 0 Å². The fraction of sp³-hybridized carbons (Fsp3) is 0.0870. The predicted octanol–water partition coefficient (Wildman–Crippen LogP) is 4.23. The number of thiocarbonyl (C=S) groups is 1. The Morgan fingerprint density at radius 1 is 1.03 bits per heavy atom. The number of nitrogens with one attached hydrogen (secondary N) is 2. The largest absolute Gasteiger partial charge is 0.348 e. The number of hydrogen-bond acceptors (Lipinski definition) is 4. The summed E-state index contributed by atoms with van der Waals surface area (Å²) in [5.41, 5.74) is 2.09. The standard InChI is InChI=1S/C23H21N3O2S2/c1-26(23(29)25-21(27)14-13-18-10-7-15-30-18)20-12-6-5-11-19(20)22(28)24-16-17-8-3-2-4-9-17/h2-15H,16H2,1H3,(H,24,28)(H,25,27,29). The lowest BCUT2D eigenvalue weighted by Gasteiger charge is -2.22. The fourth-order valence-electron chi connectivity index (χ4n) is 2.72. The Hall–Kier alpha value is -3.29. The Bertz CT molecular complexity index is 1050. The number of para-hydroxylation sites is 1. The summed E-state index contributed by atoms with van der Waals surface area (Å²) in [6.45, 7) is 0.423. The van der Waals surface area contributed by atoms with E-state index >= 15 is 0 Å². The van der Waals surface area contributed by atoms with Crippen LogP contribution in [0.25, 0.3) is 6.08 Å². The van der Waals surface area contributed by atoms with Gasteiger partial charge in [0.1, 0.15) is 0 Å². The van der Waals surface area contributed by atoms with Crippen molar-refractivity contribution in [1.82, 2.24) is 10.6 Å². The quantitative estimate of drug-likeness (QED) is 0.449. The van der Waals surface area contributed by atoms with Crippen molar-refractivity contribution in [3.05, 3.63) is 94.2 Å². The maximum atomic E-state index is 12.7.